The highest BCUT2D eigenvalue weighted by atomic mass is 32.2. The lowest BCUT2D eigenvalue weighted by molar-refractivity contribution is -0.0656. The highest BCUT2D eigenvalue weighted by molar-refractivity contribution is 7.92. The van der Waals surface area contributed by atoms with Crippen molar-refractivity contribution in [3.8, 4) is 22.8 Å². The van der Waals surface area contributed by atoms with E-state index in [2.05, 4.69) is 68.8 Å². The fourth-order valence-corrected chi connectivity index (χ4v) is 8.78. The Morgan fingerprint density at radius 1 is 0.980 bits per heavy atom. The smallest absolute Gasteiger partial charge is 0.282 e. The van der Waals surface area contributed by atoms with Crippen LogP contribution in [0.3, 0.4) is 0 Å². The average molecular weight is 716 g/mol. The van der Waals surface area contributed by atoms with Crippen LogP contribution in [0.15, 0.2) is 49.4 Å². The third-order valence-corrected chi connectivity index (χ3v) is 11.2. The van der Waals surface area contributed by atoms with Crippen LogP contribution in [-0.4, -0.2) is 93.0 Å². The van der Waals surface area contributed by atoms with Gasteiger partial charge in [-0.25, -0.2) is 37.7 Å². The molecule has 268 valence electrons. The summed E-state index contributed by atoms with van der Waals surface area (Å²) in [5.74, 6) is 3.29. The third kappa shape index (κ3) is 7.16. The van der Waals surface area contributed by atoms with Gasteiger partial charge in [-0.15, -0.1) is 10.2 Å². The average Bonchev–Trinajstić information content (AvgIpc) is 3.81. The molecule has 4 fully saturated rings. The maximum Gasteiger partial charge on any atom is 0.282 e. The van der Waals surface area contributed by atoms with Crippen molar-refractivity contribution in [3.63, 3.8) is 0 Å². The zero-order valence-electron chi connectivity index (χ0n) is 28.9. The summed E-state index contributed by atoms with van der Waals surface area (Å²) in [5, 5.41) is 11.8. The first-order valence-electron chi connectivity index (χ1n) is 17.5. The number of anilines is 3. The maximum absolute atomic E-state index is 14.6. The zero-order valence-corrected chi connectivity index (χ0v) is 29.7. The van der Waals surface area contributed by atoms with Crippen LogP contribution in [0.4, 0.5) is 21.8 Å². The first kappa shape index (κ1) is 33.6. The molecule has 16 heteroatoms. The van der Waals surface area contributed by atoms with Crippen molar-refractivity contribution in [3.05, 3.63) is 61.0 Å². The van der Waals surface area contributed by atoms with E-state index in [-0.39, 0.29) is 23.1 Å². The number of hydrogen-bond acceptors (Lipinski definition) is 13. The van der Waals surface area contributed by atoms with Crippen LogP contribution in [0.5, 0.6) is 11.6 Å². The molecule has 1 aromatic carbocycles. The van der Waals surface area contributed by atoms with E-state index in [0.717, 1.165) is 75.8 Å². The van der Waals surface area contributed by atoms with Crippen LogP contribution in [0.25, 0.3) is 11.1 Å². The molecule has 5 heterocycles. The van der Waals surface area contributed by atoms with Crippen molar-refractivity contribution in [2.75, 3.05) is 47.4 Å². The minimum Gasteiger partial charge on any atom is -0.434 e. The lowest BCUT2D eigenvalue weighted by Crippen LogP contribution is -2.65. The number of benzene rings is 1. The molecule has 2 aliphatic carbocycles. The van der Waals surface area contributed by atoms with E-state index in [4.69, 9.17) is 4.74 Å². The molecule has 3 aromatic heterocycles. The summed E-state index contributed by atoms with van der Waals surface area (Å²) in [6, 6.07) is 6.84. The number of nitrogens with one attached hydrogen (secondary N) is 2. The summed E-state index contributed by atoms with van der Waals surface area (Å²) in [4.78, 5) is 26.6. The minimum atomic E-state index is -3.42. The van der Waals surface area contributed by atoms with Gasteiger partial charge >= 0.3 is 0 Å². The molecule has 0 amide bonds. The predicted molar refractivity (Wildman–Crippen MR) is 189 cm³/mol. The van der Waals surface area contributed by atoms with E-state index in [1.54, 1.807) is 18.3 Å². The molecule has 2 aliphatic heterocycles. The van der Waals surface area contributed by atoms with E-state index in [0.29, 0.717) is 52.6 Å². The van der Waals surface area contributed by atoms with Gasteiger partial charge in [0, 0.05) is 73.0 Å². The molecule has 0 bridgehead atoms. The number of aromatic nitrogens is 7. The van der Waals surface area contributed by atoms with E-state index in [1.807, 2.05) is 0 Å². The van der Waals surface area contributed by atoms with Crippen LogP contribution in [0.2, 0.25) is 0 Å². The molecule has 0 unspecified atom stereocenters. The molecule has 51 heavy (non-hydrogen) atoms. The SMILES string of the molecule is CC(C)[C@H](C1CC(Nc2cc(NS(C)(=O)=O)ncn2)C1)N1CC2(CCN(c3ncnnc3Oc3ccc(F)cc3-c3cncnc3C3CC3)C2)C1. The molecule has 2 saturated carbocycles. The monoisotopic (exact) mass is 715 g/mol. The fraction of sp³-hybridized carbons (Fsp3) is 0.514. The first-order chi connectivity index (χ1) is 24.5. The third-order valence-electron chi connectivity index (χ3n) is 10.6. The van der Waals surface area contributed by atoms with E-state index in [1.165, 1.54) is 31.1 Å². The molecule has 4 aromatic rings. The largest absolute Gasteiger partial charge is 0.434 e. The first-order valence-corrected chi connectivity index (χ1v) is 19.4. The highest BCUT2D eigenvalue weighted by Crippen LogP contribution is 2.49. The summed E-state index contributed by atoms with van der Waals surface area (Å²) in [5.41, 5.74) is 2.41. The van der Waals surface area contributed by atoms with E-state index >= 15 is 0 Å². The van der Waals surface area contributed by atoms with Crippen LogP contribution in [0.1, 0.15) is 57.6 Å². The van der Waals surface area contributed by atoms with Gasteiger partial charge in [0.05, 0.1) is 11.9 Å². The zero-order chi connectivity index (χ0) is 35.3. The summed E-state index contributed by atoms with van der Waals surface area (Å²) in [6.45, 7) is 8.31. The molecule has 4 aliphatic rings. The summed E-state index contributed by atoms with van der Waals surface area (Å²) in [6.07, 6.45) is 12.4. The second-order valence-electron chi connectivity index (χ2n) is 15.0. The van der Waals surface area contributed by atoms with Gasteiger partial charge in [0.2, 0.25) is 10.0 Å². The number of nitrogens with zero attached hydrogens (tertiary/aromatic N) is 9. The highest BCUT2D eigenvalue weighted by Gasteiger charge is 2.53. The summed E-state index contributed by atoms with van der Waals surface area (Å²) >= 11 is 0. The van der Waals surface area contributed by atoms with Crippen molar-refractivity contribution >= 4 is 27.5 Å². The van der Waals surface area contributed by atoms with Gasteiger partial charge in [-0.1, -0.05) is 13.8 Å². The van der Waals surface area contributed by atoms with Crippen molar-refractivity contribution < 1.29 is 17.5 Å². The van der Waals surface area contributed by atoms with E-state index < -0.39 is 10.0 Å². The molecular weight excluding hydrogens is 674 g/mol. The standard InChI is InChI=1S/C35H42FN11O3S/c1-21(2)32(23-10-25(11-23)43-29-13-30(39-19-38-29)45-51(3,48)49)47-16-35(17-47)8-9-46(15-35)33-34(44-42-20-41-33)50-28-7-6-24(36)12-26(28)27-14-37-18-40-31(27)22-4-5-22/h6-7,12-14,18-23,25,32H,4-5,8-11,15-17H2,1-3H3,(H2,38,39,43,45)/t23?,25?,32-/m1/s1. The Kier molecular flexibility index (Phi) is 8.69. The number of sulfonamides is 1. The van der Waals surface area contributed by atoms with Crippen LogP contribution < -0.4 is 19.7 Å². The second kappa shape index (κ2) is 13.2. The van der Waals surface area contributed by atoms with Crippen LogP contribution >= 0.6 is 0 Å². The molecule has 8 rings (SSSR count). The van der Waals surface area contributed by atoms with Gasteiger partial charge in [-0.05, 0) is 62.1 Å². The quantitative estimate of drug-likeness (QED) is 0.207. The Hall–Kier alpha value is -4.57. The molecule has 1 atom stereocenters. The second-order valence-corrected chi connectivity index (χ2v) is 16.7. The molecule has 2 N–H and O–H groups in total. The topological polar surface area (TPSA) is 164 Å². The number of hydrogen-bond donors (Lipinski definition) is 2. The molecule has 2 saturated heterocycles. The Morgan fingerprint density at radius 2 is 1.78 bits per heavy atom. The fourth-order valence-electron chi connectivity index (χ4n) is 8.29. The lowest BCUT2D eigenvalue weighted by atomic mass is 9.68. The van der Waals surface area contributed by atoms with Gasteiger partial charge in [-0.3, -0.25) is 9.62 Å². The maximum atomic E-state index is 14.6. The summed E-state index contributed by atoms with van der Waals surface area (Å²) in [7, 11) is -3.42. The van der Waals surface area contributed by atoms with Crippen LogP contribution in [0, 0.1) is 23.1 Å². The minimum absolute atomic E-state index is 0.155. The number of likely N-dealkylation sites (tertiary alicyclic amines) is 1. The number of rotatable bonds is 12. The molecule has 0 radical (unpaired) electrons. The van der Waals surface area contributed by atoms with Gasteiger partial charge in [0.15, 0.2) is 5.82 Å². The van der Waals surface area contributed by atoms with Crippen molar-refractivity contribution in [1.82, 2.24) is 40.0 Å². The van der Waals surface area contributed by atoms with E-state index in [9.17, 15) is 12.8 Å². The van der Waals surface area contributed by atoms with Crippen molar-refractivity contribution in [1.29, 1.82) is 0 Å². The van der Waals surface area contributed by atoms with Gasteiger partial charge < -0.3 is 15.0 Å². The van der Waals surface area contributed by atoms with Crippen molar-refractivity contribution in [2.24, 2.45) is 17.3 Å². The lowest BCUT2D eigenvalue weighted by Gasteiger charge is -2.57. The van der Waals surface area contributed by atoms with Gasteiger partial charge in [0.25, 0.3) is 5.88 Å². The predicted octanol–water partition coefficient (Wildman–Crippen LogP) is 4.73. The van der Waals surface area contributed by atoms with Gasteiger partial charge in [0.1, 0.15) is 42.2 Å². The summed E-state index contributed by atoms with van der Waals surface area (Å²) < 4.78 is 46.6. The Bertz CT molecular complexity index is 2020. The van der Waals surface area contributed by atoms with Crippen molar-refractivity contribution in [2.45, 2.75) is 64.0 Å². The van der Waals surface area contributed by atoms with Crippen LogP contribution in [-0.2, 0) is 10.0 Å². The molecular formula is C35H42FN11O3S. The normalized spacial score (nSPS) is 22.0. The molecule has 14 nitrogen and oxygen atoms in total. The number of ether oxygens (including phenoxy) is 1. The molecule has 1 spiro atoms. The Labute approximate surface area is 296 Å². The Morgan fingerprint density at radius 3 is 2.55 bits per heavy atom. The Balaban J connectivity index is 0.912. The van der Waals surface area contributed by atoms with Gasteiger partial charge in [-0.2, -0.15) is 0 Å². The number of halogens is 1.